The van der Waals surface area contributed by atoms with Gasteiger partial charge in [-0.15, -0.1) is 0 Å². The van der Waals surface area contributed by atoms with E-state index in [-0.39, 0.29) is 17.8 Å². The minimum atomic E-state index is -1.26. The zero-order valence-corrected chi connectivity index (χ0v) is 20.3. The minimum absolute atomic E-state index is 0.000202. The van der Waals surface area contributed by atoms with Gasteiger partial charge in [-0.2, -0.15) is 0 Å². The Hall–Kier alpha value is -3.39. The number of carboxylic acids is 2. The molecule has 0 unspecified atom stereocenters. The van der Waals surface area contributed by atoms with Crippen molar-refractivity contribution in [3.63, 3.8) is 0 Å². The Labute approximate surface area is 204 Å². The van der Waals surface area contributed by atoms with E-state index < -0.39 is 11.9 Å². The van der Waals surface area contributed by atoms with Crippen LogP contribution in [-0.4, -0.2) is 63.8 Å². The zero-order valence-electron chi connectivity index (χ0n) is 20.3. The molecule has 0 radical (unpaired) electrons. The van der Waals surface area contributed by atoms with E-state index in [0.29, 0.717) is 30.8 Å². The molecule has 0 bridgehead atoms. The number of carbonyl (C=O) groups excluding carboxylic acids is 1. The molecule has 186 valence electrons. The molecule has 2 N–H and O–H groups in total. The second-order valence-electron chi connectivity index (χ2n) is 9.81. The van der Waals surface area contributed by atoms with Gasteiger partial charge in [-0.25, -0.2) is 9.59 Å². The molecule has 0 spiro atoms. The van der Waals surface area contributed by atoms with Gasteiger partial charge in [-0.3, -0.25) is 9.69 Å². The smallest absolute Gasteiger partial charge is 0.328 e. The Morgan fingerprint density at radius 3 is 2.43 bits per heavy atom. The quantitative estimate of drug-likeness (QED) is 0.479. The van der Waals surface area contributed by atoms with Crippen molar-refractivity contribution in [1.29, 1.82) is 0 Å². The fourth-order valence-electron chi connectivity index (χ4n) is 4.98. The van der Waals surface area contributed by atoms with Crippen LogP contribution < -0.4 is 0 Å². The number of ether oxygens (including phenoxy) is 1. The molecule has 1 aliphatic heterocycles. The van der Waals surface area contributed by atoms with E-state index in [4.69, 9.17) is 14.9 Å². The van der Waals surface area contributed by atoms with Crippen LogP contribution >= 0.6 is 0 Å². The number of fused-ring (bicyclic) bond motifs is 2. The molecular formula is C27H32N2O6. The lowest BCUT2D eigenvalue weighted by Crippen LogP contribution is -2.43. The Morgan fingerprint density at radius 1 is 1.14 bits per heavy atom. The van der Waals surface area contributed by atoms with Gasteiger partial charge in [0.1, 0.15) is 0 Å². The predicted octanol–water partition coefficient (Wildman–Crippen LogP) is 3.76. The lowest BCUT2D eigenvalue weighted by Gasteiger charge is -2.39. The summed E-state index contributed by atoms with van der Waals surface area (Å²) in [5.41, 5.74) is 5.57. The summed E-state index contributed by atoms with van der Waals surface area (Å²) >= 11 is 0. The SMILES string of the molecule is CC(C)n1cc2c3c(cccc31)C1=C[C@@H](COC(=O)C3CC3)CN(C)[C@@H]1C2.O=C(O)/C=C\C(=O)O. The maximum absolute atomic E-state index is 11.9. The first kappa shape index (κ1) is 24.7. The fourth-order valence-corrected chi connectivity index (χ4v) is 4.98. The molecule has 1 fully saturated rings. The van der Waals surface area contributed by atoms with Crippen LogP contribution in [0.4, 0.5) is 0 Å². The summed E-state index contributed by atoms with van der Waals surface area (Å²) in [4.78, 5) is 33.5. The number of esters is 1. The molecule has 8 nitrogen and oxygen atoms in total. The summed E-state index contributed by atoms with van der Waals surface area (Å²) in [6.07, 6.45) is 8.92. The average molecular weight is 481 g/mol. The van der Waals surface area contributed by atoms with Gasteiger partial charge >= 0.3 is 17.9 Å². The highest BCUT2D eigenvalue weighted by atomic mass is 16.5. The number of rotatable bonds is 6. The molecule has 2 aromatic rings. The van der Waals surface area contributed by atoms with Crippen LogP contribution in [0.1, 0.15) is 43.9 Å². The minimum Gasteiger partial charge on any atom is -0.478 e. The Kier molecular flexibility index (Phi) is 7.12. The maximum atomic E-state index is 11.9. The summed E-state index contributed by atoms with van der Waals surface area (Å²) in [6, 6.07) is 7.56. The molecule has 0 saturated heterocycles. The third-order valence-electron chi connectivity index (χ3n) is 6.76. The molecule has 1 saturated carbocycles. The molecule has 0 amide bonds. The number of aliphatic carboxylic acids is 2. The number of benzene rings is 1. The largest absolute Gasteiger partial charge is 0.478 e. The van der Waals surface area contributed by atoms with Crippen LogP contribution in [0.25, 0.3) is 16.5 Å². The molecule has 2 atom stereocenters. The van der Waals surface area contributed by atoms with Gasteiger partial charge in [0.25, 0.3) is 0 Å². The lowest BCUT2D eigenvalue weighted by molar-refractivity contribution is -0.146. The number of nitrogens with zero attached hydrogens (tertiary/aromatic N) is 2. The number of aromatic nitrogens is 1. The van der Waals surface area contributed by atoms with Gasteiger partial charge in [0.15, 0.2) is 0 Å². The van der Waals surface area contributed by atoms with Gasteiger partial charge in [0, 0.05) is 53.8 Å². The third kappa shape index (κ3) is 5.48. The molecule has 1 aromatic carbocycles. The summed E-state index contributed by atoms with van der Waals surface area (Å²) in [5.74, 6) is -2.07. The second kappa shape index (κ2) is 10.1. The van der Waals surface area contributed by atoms with Crippen molar-refractivity contribution in [2.75, 3.05) is 20.2 Å². The number of hydrogen-bond acceptors (Lipinski definition) is 5. The summed E-state index contributed by atoms with van der Waals surface area (Å²) < 4.78 is 8.00. The predicted molar refractivity (Wildman–Crippen MR) is 132 cm³/mol. The normalized spacial score (nSPS) is 21.3. The highest BCUT2D eigenvalue weighted by molar-refractivity contribution is 5.98. The van der Waals surface area contributed by atoms with Crippen LogP contribution in [0.15, 0.2) is 42.6 Å². The Balaban J connectivity index is 0.000000314. The van der Waals surface area contributed by atoms with Crippen molar-refractivity contribution in [2.24, 2.45) is 11.8 Å². The molecule has 3 aliphatic rings. The second-order valence-corrected chi connectivity index (χ2v) is 9.81. The van der Waals surface area contributed by atoms with E-state index >= 15 is 0 Å². The topological polar surface area (TPSA) is 109 Å². The molecule has 2 aliphatic carbocycles. The monoisotopic (exact) mass is 480 g/mol. The van der Waals surface area contributed by atoms with Gasteiger partial charge in [0.05, 0.1) is 12.5 Å². The van der Waals surface area contributed by atoms with Crippen LogP contribution in [0.5, 0.6) is 0 Å². The van der Waals surface area contributed by atoms with Gasteiger partial charge in [-0.05, 0) is 62.9 Å². The van der Waals surface area contributed by atoms with Crippen molar-refractivity contribution in [2.45, 2.75) is 45.2 Å². The molecule has 8 heteroatoms. The fraction of sp³-hybridized carbons (Fsp3) is 0.444. The summed E-state index contributed by atoms with van der Waals surface area (Å²) in [7, 11) is 2.21. The van der Waals surface area contributed by atoms with Crippen LogP contribution in [-0.2, 0) is 25.5 Å². The molecular weight excluding hydrogens is 448 g/mol. The zero-order chi connectivity index (χ0) is 25.3. The third-order valence-corrected chi connectivity index (χ3v) is 6.76. The van der Waals surface area contributed by atoms with Gasteiger partial charge in [0.2, 0.25) is 0 Å². The molecule has 35 heavy (non-hydrogen) atoms. The van der Waals surface area contributed by atoms with Gasteiger partial charge < -0.3 is 19.5 Å². The Morgan fingerprint density at radius 2 is 1.83 bits per heavy atom. The molecule has 5 rings (SSSR count). The Bertz CT molecular complexity index is 1190. The van der Waals surface area contributed by atoms with Crippen LogP contribution in [0.3, 0.4) is 0 Å². The van der Waals surface area contributed by atoms with Crippen LogP contribution in [0.2, 0.25) is 0 Å². The summed E-state index contributed by atoms with van der Waals surface area (Å²) in [6.45, 7) is 5.95. The van der Waals surface area contributed by atoms with E-state index in [9.17, 15) is 14.4 Å². The average Bonchev–Trinajstić information content (AvgIpc) is 3.59. The van der Waals surface area contributed by atoms with E-state index in [1.807, 2.05) is 0 Å². The van der Waals surface area contributed by atoms with Crippen molar-refractivity contribution in [3.8, 4) is 0 Å². The van der Waals surface area contributed by atoms with E-state index in [1.54, 1.807) is 0 Å². The standard InChI is InChI=1S/C23H28N2O2.C4H4O4/c1-14(2)25-12-17-10-21-19(18-5-4-6-20(25)22(17)18)9-15(11-24(21)3)13-27-23(26)16-7-8-16;5-3(6)1-2-4(7)8/h4-6,9,12,14-16,21H,7-8,10-11,13H2,1-3H3;1-2H,(H,5,6)(H,7,8)/b;2-1-/t15-,21-;/m1./s1. The molecule has 2 heterocycles. The number of hydrogen-bond donors (Lipinski definition) is 2. The highest BCUT2D eigenvalue weighted by Crippen LogP contribution is 2.42. The van der Waals surface area contributed by atoms with E-state index in [0.717, 1.165) is 25.8 Å². The number of carbonyl (C=O) groups is 3. The lowest BCUT2D eigenvalue weighted by atomic mass is 9.80. The van der Waals surface area contributed by atoms with Crippen molar-refractivity contribution in [3.05, 3.63) is 53.8 Å². The first-order valence-electron chi connectivity index (χ1n) is 12.0. The van der Waals surface area contributed by atoms with Gasteiger partial charge in [-0.1, -0.05) is 18.2 Å². The molecule has 1 aromatic heterocycles. The maximum Gasteiger partial charge on any atom is 0.328 e. The highest BCUT2D eigenvalue weighted by Gasteiger charge is 2.36. The number of carboxylic acid groups (broad SMARTS) is 2. The van der Waals surface area contributed by atoms with E-state index in [1.165, 1.54) is 27.6 Å². The van der Waals surface area contributed by atoms with Crippen molar-refractivity contribution >= 4 is 34.4 Å². The first-order chi connectivity index (χ1) is 16.7. The van der Waals surface area contributed by atoms with Crippen molar-refractivity contribution < 1.29 is 29.3 Å². The van der Waals surface area contributed by atoms with Crippen LogP contribution in [0, 0.1) is 11.8 Å². The first-order valence-corrected chi connectivity index (χ1v) is 12.0. The summed E-state index contributed by atoms with van der Waals surface area (Å²) in [5, 5.41) is 17.0. The van der Waals surface area contributed by atoms with E-state index in [2.05, 4.69) is 60.8 Å². The van der Waals surface area contributed by atoms with Crippen molar-refractivity contribution in [1.82, 2.24) is 9.47 Å². The number of likely N-dealkylation sites (N-methyl/N-ethyl adjacent to an activating group) is 1.